The molecule has 6 nitrogen and oxygen atoms in total. The SMILES string of the molecule is CCOc1ccccc1OCC(=O)NCCCN1CCCCCC1=O. The fourth-order valence-electron chi connectivity index (χ4n) is 2.81. The average Bonchev–Trinajstić information content (AvgIpc) is 2.82. The van der Waals surface area contributed by atoms with E-state index in [1.165, 1.54) is 0 Å². The minimum atomic E-state index is -0.173. The molecule has 1 aromatic carbocycles. The number of amides is 2. The van der Waals surface area contributed by atoms with Crippen molar-refractivity contribution in [2.75, 3.05) is 32.8 Å². The molecule has 1 aromatic rings. The third-order valence-corrected chi connectivity index (χ3v) is 4.11. The molecule has 0 spiro atoms. The molecule has 1 aliphatic heterocycles. The quantitative estimate of drug-likeness (QED) is 0.696. The molecular weight excluding hydrogens is 320 g/mol. The first-order chi connectivity index (χ1) is 12.2. The van der Waals surface area contributed by atoms with E-state index in [0.29, 0.717) is 37.6 Å². The van der Waals surface area contributed by atoms with Gasteiger partial charge in [-0.2, -0.15) is 0 Å². The molecule has 0 atom stereocenters. The van der Waals surface area contributed by atoms with Gasteiger partial charge < -0.3 is 19.7 Å². The monoisotopic (exact) mass is 348 g/mol. The van der Waals surface area contributed by atoms with Gasteiger partial charge >= 0.3 is 0 Å². The van der Waals surface area contributed by atoms with Crippen LogP contribution < -0.4 is 14.8 Å². The van der Waals surface area contributed by atoms with Gasteiger partial charge in [0, 0.05) is 26.1 Å². The number of carbonyl (C=O) groups is 2. The van der Waals surface area contributed by atoms with Gasteiger partial charge in [-0.25, -0.2) is 0 Å². The maximum atomic E-state index is 11.9. The van der Waals surface area contributed by atoms with Crippen LogP contribution >= 0.6 is 0 Å². The Labute approximate surface area is 149 Å². The van der Waals surface area contributed by atoms with Gasteiger partial charge in [-0.3, -0.25) is 9.59 Å². The highest BCUT2D eigenvalue weighted by atomic mass is 16.5. The number of rotatable bonds is 9. The smallest absolute Gasteiger partial charge is 0.257 e. The van der Waals surface area contributed by atoms with Crippen molar-refractivity contribution in [1.29, 1.82) is 0 Å². The summed E-state index contributed by atoms with van der Waals surface area (Å²) in [5.74, 6) is 1.26. The van der Waals surface area contributed by atoms with Crippen molar-refractivity contribution in [3.63, 3.8) is 0 Å². The third kappa shape index (κ3) is 6.64. The zero-order chi connectivity index (χ0) is 17.9. The first kappa shape index (κ1) is 19.1. The molecule has 1 heterocycles. The maximum Gasteiger partial charge on any atom is 0.257 e. The number of hydrogen-bond donors (Lipinski definition) is 1. The van der Waals surface area contributed by atoms with Crippen molar-refractivity contribution in [3.05, 3.63) is 24.3 Å². The van der Waals surface area contributed by atoms with Crippen molar-refractivity contribution in [3.8, 4) is 11.5 Å². The van der Waals surface area contributed by atoms with Crippen molar-refractivity contribution in [2.45, 2.75) is 39.0 Å². The third-order valence-electron chi connectivity index (χ3n) is 4.11. The van der Waals surface area contributed by atoms with E-state index in [1.54, 1.807) is 6.07 Å². The normalized spacial score (nSPS) is 14.8. The summed E-state index contributed by atoms with van der Waals surface area (Å²) < 4.78 is 11.0. The summed E-state index contributed by atoms with van der Waals surface area (Å²) in [7, 11) is 0. The van der Waals surface area contributed by atoms with Crippen molar-refractivity contribution in [1.82, 2.24) is 10.2 Å². The second-order valence-electron chi connectivity index (χ2n) is 6.06. The van der Waals surface area contributed by atoms with E-state index in [0.717, 1.165) is 32.2 Å². The molecule has 0 saturated carbocycles. The lowest BCUT2D eigenvalue weighted by atomic mass is 10.2. The van der Waals surface area contributed by atoms with Crippen LogP contribution in [-0.4, -0.2) is 49.6 Å². The molecule has 2 amide bonds. The number of benzene rings is 1. The summed E-state index contributed by atoms with van der Waals surface area (Å²) in [6.07, 6.45) is 4.60. The van der Waals surface area contributed by atoms with Gasteiger partial charge in [0.25, 0.3) is 5.91 Å². The van der Waals surface area contributed by atoms with Gasteiger partial charge in [0.05, 0.1) is 6.61 Å². The molecule has 0 aromatic heterocycles. The molecule has 25 heavy (non-hydrogen) atoms. The second-order valence-corrected chi connectivity index (χ2v) is 6.06. The molecule has 138 valence electrons. The summed E-state index contributed by atoms with van der Waals surface area (Å²) in [6.45, 7) is 4.48. The summed E-state index contributed by atoms with van der Waals surface area (Å²) >= 11 is 0. The fourth-order valence-corrected chi connectivity index (χ4v) is 2.81. The van der Waals surface area contributed by atoms with Crippen molar-refractivity contribution >= 4 is 11.8 Å². The number of ether oxygens (including phenoxy) is 2. The molecule has 0 radical (unpaired) electrons. The van der Waals surface area contributed by atoms with Crippen LogP contribution in [0.2, 0.25) is 0 Å². The van der Waals surface area contributed by atoms with E-state index in [-0.39, 0.29) is 18.4 Å². The predicted octanol–water partition coefficient (Wildman–Crippen LogP) is 2.37. The average molecular weight is 348 g/mol. The van der Waals surface area contributed by atoms with E-state index in [1.807, 2.05) is 30.0 Å². The van der Waals surface area contributed by atoms with Crippen LogP contribution in [0.15, 0.2) is 24.3 Å². The van der Waals surface area contributed by atoms with Crippen LogP contribution in [-0.2, 0) is 9.59 Å². The second kappa shape index (κ2) is 10.6. The van der Waals surface area contributed by atoms with Gasteiger partial charge in [0.1, 0.15) is 0 Å². The Morgan fingerprint density at radius 1 is 1.16 bits per heavy atom. The Kier molecular flexibility index (Phi) is 8.09. The minimum Gasteiger partial charge on any atom is -0.490 e. The van der Waals surface area contributed by atoms with Crippen LogP contribution in [0.4, 0.5) is 0 Å². The topological polar surface area (TPSA) is 67.9 Å². The summed E-state index contributed by atoms with van der Waals surface area (Å²) in [5, 5.41) is 2.83. The Morgan fingerprint density at radius 2 is 1.92 bits per heavy atom. The fraction of sp³-hybridized carbons (Fsp3) is 0.579. The van der Waals surface area contributed by atoms with Gasteiger partial charge in [0.2, 0.25) is 5.91 Å². The zero-order valence-electron chi connectivity index (χ0n) is 15.0. The molecule has 1 N–H and O–H groups in total. The van der Waals surface area contributed by atoms with E-state index in [9.17, 15) is 9.59 Å². The highest BCUT2D eigenvalue weighted by molar-refractivity contribution is 5.77. The first-order valence-corrected chi connectivity index (χ1v) is 9.10. The van der Waals surface area contributed by atoms with E-state index >= 15 is 0 Å². The Hall–Kier alpha value is -2.24. The van der Waals surface area contributed by atoms with Crippen LogP contribution in [0, 0.1) is 0 Å². The molecule has 1 saturated heterocycles. The van der Waals surface area contributed by atoms with Crippen LogP contribution in [0.25, 0.3) is 0 Å². The van der Waals surface area contributed by atoms with Crippen molar-refractivity contribution < 1.29 is 19.1 Å². The Bertz CT molecular complexity index is 562. The Morgan fingerprint density at radius 3 is 2.68 bits per heavy atom. The molecule has 0 bridgehead atoms. The summed E-state index contributed by atoms with van der Waals surface area (Å²) in [5.41, 5.74) is 0. The highest BCUT2D eigenvalue weighted by Crippen LogP contribution is 2.26. The number of nitrogens with one attached hydrogen (secondary N) is 1. The Balaban J connectivity index is 1.65. The lowest BCUT2D eigenvalue weighted by Crippen LogP contribution is -2.35. The lowest BCUT2D eigenvalue weighted by Gasteiger charge is -2.20. The largest absolute Gasteiger partial charge is 0.490 e. The van der Waals surface area contributed by atoms with E-state index < -0.39 is 0 Å². The van der Waals surface area contributed by atoms with Crippen LogP contribution in [0.1, 0.15) is 39.0 Å². The summed E-state index contributed by atoms with van der Waals surface area (Å²) in [6, 6.07) is 7.30. The number of nitrogens with zero attached hydrogens (tertiary/aromatic N) is 1. The van der Waals surface area contributed by atoms with Gasteiger partial charge in [-0.05, 0) is 38.3 Å². The lowest BCUT2D eigenvalue weighted by molar-refractivity contribution is -0.130. The van der Waals surface area contributed by atoms with Crippen molar-refractivity contribution in [2.24, 2.45) is 0 Å². The van der Waals surface area contributed by atoms with E-state index in [4.69, 9.17) is 9.47 Å². The van der Waals surface area contributed by atoms with Gasteiger partial charge in [0.15, 0.2) is 18.1 Å². The zero-order valence-corrected chi connectivity index (χ0v) is 15.0. The number of carbonyl (C=O) groups excluding carboxylic acids is 2. The summed E-state index contributed by atoms with van der Waals surface area (Å²) in [4.78, 5) is 25.7. The standard InChI is InChI=1S/C19H28N2O4/c1-2-24-16-9-5-6-10-17(16)25-15-18(22)20-12-8-14-21-13-7-3-4-11-19(21)23/h5-6,9-10H,2-4,7-8,11-15H2,1H3,(H,20,22). The van der Waals surface area contributed by atoms with Crippen LogP contribution in [0.5, 0.6) is 11.5 Å². The molecule has 1 fully saturated rings. The first-order valence-electron chi connectivity index (χ1n) is 9.10. The maximum absolute atomic E-state index is 11.9. The van der Waals surface area contributed by atoms with Gasteiger partial charge in [-0.15, -0.1) is 0 Å². The molecule has 0 aliphatic carbocycles. The highest BCUT2D eigenvalue weighted by Gasteiger charge is 2.15. The molecule has 1 aliphatic rings. The van der Waals surface area contributed by atoms with Gasteiger partial charge in [-0.1, -0.05) is 18.6 Å². The number of hydrogen-bond acceptors (Lipinski definition) is 4. The predicted molar refractivity (Wildman–Crippen MR) is 95.8 cm³/mol. The minimum absolute atomic E-state index is 0.0489. The molecule has 6 heteroatoms. The number of likely N-dealkylation sites (tertiary alicyclic amines) is 1. The van der Waals surface area contributed by atoms with E-state index in [2.05, 4.69) is 5.32 Å². The number of para-hydroxylation sites is 2. The molecule has 2 rings (SSSR count). The van der Waals surface area contributed by atoms with Crippen LogP contribution in [0.3, 0.4) is 0 Å². The molecular formula is C19H28N2O4. The molecule has 0 unspecified atom stereocenters.